The van der Waals surface area contributed by atoms with Gasteiger partial charge in [0, 0.05) is 67.5 Å². The molecular formula is C31H32N6O4. The van der Waals surface area contributed by atoms with Crippen molar-refractivity contribution in [3.63, 3.8) is 0 Å². The molecule has 0 spiro atoms. The zero-order valence-corrected chi connectivity index (χ0v) is 23.0. The summed E-state index contributed by atoms with van der Waals surface area (Å²) < 4.78 is 17.1. The van der Waals surface area contributed by atoms with Crippen LogP contribution < -0.4 is 19.7 Å². The number of methoxy groups -OCH3 is 1. The summed E-state index contributed by atoms with van der Waals surface area (Å²) in [5, 5.41) is 5.04. The van der Waals surface area contributed by atoms with Crippen LogP contribution in [0.2, 0.25) is 0 Å². The van der Waals surface area contributed by atoms with E-state index in [-0.39, 0.29) is 12.1 Å². The molecule has 1 aliphatic heterocycles. The molecule has 1 aliphatic rings. The molecule has 2 aromatic heterocycles. The quantitative estimate of drug-likeness (QED) is 0.256. The highest BCUT2D eigenvalue weighted by Crippen LogP contribution is 2.28. The Balaban J connectivity index is 1.03. The summed E-state index contributed by atoms with van der Waals surface area (Å²) in [6.45, 7) is 4.92. The minimum absolute atomic E-state index is 0.00444. The number of amides is 2. The van der Waals surface area contributed by atoms with Gasteiger partial charge in [-0.05, 0) is 67.6 Å². The van der Waals surface area contributed by atoms with Gasteiger partial charge in [0.05, 0.1) is 11.6 Å². The average Bonchev–Trinajstić information content (AvgIpc) is 3.48. The van der Waals surface area contributed by atoms with E-state index in [1.54, 1.807) is 13.4 Å². The molecule has 1 saturated heterocycles. The van der Waals surface area contributed by atoms with Gasteiger partial charge in [0.15, 0.2) is 0 Å². The number of anilines is 2. The van der Waals surface area contributed by atoms with Crippen LogP contribution in [0.15, 0.2) is 79.3 Å². The fourth-order valence-corrected chi connectivity index (χ4v) is 4.81. The molecule has 1 fully saturated rings. The molecule has 0 aliphatic carbocycles. The SMILES string of the molecule is COC(C)COc1ccc2c(N3CCN(C(=O)Nc4ccc(Oc5ccc6[nH]ccc6c5)cc4)CC3)ncnc2c1. The van der Waals surface area contributed by atoms with Gasteiger partial charge in [0.25, 0.3) is 0 Å². The highest BCUT2D eigenvalue weighted by Gasteiger charge is 2.23. The Morgan fingerprint density at radius 2 is 1.73 bits per heavy atom. The lowest BCUT2D eigenvalue weighted by Crippen LogP contribution is -2.50. The molecule has 0 bridgehead atoms. The molecule has 0 saturated carbocycles. The van der Waals surface area contributed by atoms with Crippen molar-refractivity contribution in [1.29, 1.82) is 0 Å². The lowest BCUT2D eigenvalue weighted by molar-refractivity contribution is 0.0717. The van der Waals surface area contributed by atoms with Crippen molar-refractivity contribution in [2.75, 3.05) is 50.1 Å². The molecule has 10 heteroatoms. The predicted octanol–water partition coefficient (Wildman–Crippen LogP) is 5.67. The number of urea groups is 1. The second-order valence-corrected chi connectivity index (χ2v) is 9.99. The summed E-state index contributed by atoms with van der Waals surface area (Å²) in [5.74, 6) is 3.06. The van der Waals surface area contributed by atoms with Gasteiger partial charge < -0.3 is 34.3 Å². The number of carbonyl (C=O) groups is 1. The van der Waals surface area contributed by atoms with E-state index < -0.39 is 0 Å². The molecule has 2 amide bonds. The summed E-state index contributed by atoms with van der Waals surface area (Å²) in [6.07, 6.45) is 3.48. The van der Waals surface area contributed by atoms with Crippen molar-refractivity contribution in [3.05, 3.63) is 79.3 Å². The number of aromatic nitrogens is 3. The Hall–Kier alpha value is -4.83. The van der Waals surface area contributed by atoms with Crippen molar-refractivity contribution < 1.29 is 19.0 Å². The Kier molecular flexibility index (Phi) is 7.55. The molecule has 10 nitrogen and oxygen atoms in total. The molecule has 0 radical (unpaired) electrons. The second kappa shape index (κ2) is 11.7. The van der Waals surface area contributed by atoms with Crippen molar-refractivity contribution in [1.82, 2.24) is 19.9 Å². The van der Waals surface area contributed by atoms with E-state index in [0.717, 1.165) is 39.1 Å². The molecule has 210 valence electrons. The number of benzene rings is 3. The second-order valence-electron chi connectivity index (χ2n) is 9.99. The molecule has 41 heavy (non-hydrogen) atoms. The Morgan fingerprint density at radius 3 is 2.54 bits per heavy atom. The van der Waals surface area contributed by atoms with Crippen LogP contribution in [0.5, 0.6) is 17.2 Å². The van der Waals surface area contributed by atoms with Crippen LogP contribution >= 0.6 is 0 Å². The van der Waals surface area contributed by atoms with Gasteiger partial charge in [0.1, 0.15) is 36.0 Å². The zero-order valence-electron chi connectivity index (χ0n) is 23.0. The van der Waals surface area contributed by atoms with E-state index in [0.29, 0.717) is 44.2 Å². The summed E-state index contributed by atoms with van der Waals surface area (Å²) >= 11 is 0. The van der Waals surface area contributed by atoms with Crippen LogP contribution in [0.3, 0.4) is 0 Å². The fourth-order valence-electron chi connectivity index (χ4n) is 4.81. The number of H-pyrrole nitrogens is 1. The number of aromatic amines is 1. The number of rotatable bonds is 8. The molecule has 6 rings (SSSR count). The van der Waals surface area contributed by atoms with Crippen LogP contribution in [0.1, 0.15) is 6.92 Å². The molecule has 1 unspecified atom stereocenters. The summed E-state index contributed by atoms with van der Waals surface area (Å²) in [4.78, 5) is 29.2. The lowest BCUT2D eigenvalue weighted by Gasteiger charge is -2.35. The van der Waals surface area contributed by atoms with E-state index in [2.05, 4.69) is 25.2 Å². The number of ether oxygens (including phenoxy) is 3. The van der Waals surface area contributed by atoms with E-state index >= 15 is 0 Å². The summed E-state index contributed by atoms with van der Waals surface area (Å²) in [6, 6.07) is 21.0. The molecule has 2 N–H and O–H groups in total. The highest BCUT2D eigenvalue weighted by atomic mass is 16.5. The van der Waals surface area contributed by atoms with Crippen molar-refractivity contribution in [2.24, 2.45) is 0 Å². The molecule has 3 heterocycles. The number of hydrogen-bond donors (Lipinski definition) is 2. The molecule has 5 aromatic rings. The number of nitrogens with one attached hydrogen (secondary N) is 2. The number of hydrogen-bond acceptors (Lipinski definition) is 7. The van der Waals surface area contributed by atoms with Crippen LogP contribution in [0, 0.1) is 0 Å². The van der Waals surface area contributed by atoms with Gasteiger partial charge in [-0.25, -0.2) is 14.8 Å². The maximum atomic E-state index is 13.0. The van der Waals surface area contributed by atoms with E-state index in [4.69, 9.17) is 14.2 Å². The average molecular weight is 553 g/mol. The number of nitrogens with zero attached hydrogens (tertiary/aromatic N) is 4. The van der Waals surface area contributed by atoms with Crippen LogP contribution in [0.4, 0.5) is 16.3 Å². The van der Waals surface area contributed by atoms with Gasteiger partial charge in [-0.3, -0.25) is 0 Å². The van der Waals surface area contributed by atoms with Gasteiger partial charge in [0.2, 0.25) is 0 Å². The maximum absolute atomic E-state index is 13.0. The normalized spacial score (nSPS) is 14.3. The van der Waals surface area contributed by atoms with E-state index in [1.165, 1.54) is 0 Å². The zero-order chi connectivity index (χ0) is 28.2. The first kappa shape index (κ1) is 26.4. The predicted molar refractivity (Wildman–Crippen MR) is 159 cm³/mol. The first-order valence-electron chi connectivity index (χ1n) is 13.6. The fraction of sp³-hybridized carbons (Fsp3) is 0.258. The smallest absolute Gasteiger partial charge is 0.321 e. The Morgan fingerprint density at radius 1 is 0.951 bits per heavy atom. The molecular weight excluding hydrogens is 520 g/mol. The van der Waals surface area contributed by atoms with Crippen molar-refractivity contribution >= 4 is 39.3 Å². The largest absolute Gasteiger partial charge is 0.491 e. The monoisotopic (exact) mass is 552 g/mol. The third-order valence-electron chi connectivity index (χ3n) is 7.21. The van der Waals surface area contributed by atoms with E-state index in [1.807, 2.05) is 84.8 Å². The van der Waals surface area contributed by atoms with Crippen molar-refractivity contribution in [3.8, 4) is 17.2 Å². The standard InChI is InChI=1S/C31H32N6O4/c1-21(39-2)19-40-25-7-9-27-29(18-25)33-20-34-30(27)36-13-15-37(16-14-36)31(38)35-23-3-5-24(6-4-23)41-26-8-10-28-22(17-26)11-12-32-28/h3-12,17-18,20-21,32H,13-16,19H2,1-2H3,(H,35,38). The third-order valence-corrected chi connectivity index (χ3v) is 7.21. The minimum atomic E-state index is -0.129. The topological polar surface area (TPSA) is 105 Å². The third kappa shape index (κ3) is 6.02. The number of carbonyl (C=O) groups excluding carboxylic acids is 1. The van der Waals surface area contributed by atoms with Crippen LogP contribution in [-0.4, -0.2) is 71.9 Å². The van der Waals surface area contributed by atoms with E-state index in [9.17, 15) is 4.79 Å². The highest BCUT2D eigenvalue weighted by molar-refractivity contribution is 5.91. The van der Waals surface area contributed by atoms with Gasteiger partial charge in [-0.2, -0.15) is 0 Å². The first-order chi connectivity index (χ1) is 20.1. The number of fused-ring (bicyclic) bond motifs is 2. The first-order valence-corrected chi connectivity index (χ1v) is 13.6. The van der Waals surface area contributed by atoms with Gasteiger partial charge >= 0.3 is 6.03 Å². The Bertz CT molecular complexity index is 1650. The summed E-state index contributed by atoms with van der Waals surface area (Å²) in [7, 11) is 1.66. The van der Waals surface area contributed by atoms with Crippen LogP contribution in [0.25, 0.3) is 21.8 Å². The van der Waals surface area contributed by atoms with Crippen molar-refractivity contribution in [2.45, 2.75) is 13.0 Å². The number of piperazine rings is 1. The minimum Gasteiger partial charge on any atom is -0.491 e. The maximum Gasteiger partial charge on any atom is 0.321 e. The molecule has 1 atom stereocenters. The Labute approximate surface area is 237 Å². The molecule has 3 aromatic carbocycles. The van der Waals surface area contributed by atoms with Gasteiger partial charge in [-0.15, -0.1) is 0 Å². The van der Waals surface area contributed by atoms with Gasteiger partial charge in [-0.1, -0.05) is 0 Å². The lowest BCUT2D eigenvalue weighted by atomic mass is 10.2. The van der Waals surface area contributed by atoms with Crippen LogP contribution in [-0.2, 0) is 4.74 Å². The summed E-state index contributed by atoms with van der Waals surface area (Å²) in [5.41, 5.74) is 2.59.